The zero-order chi connectivity index (χ0) is 20.6. The third kappa shape index (κ3) is 3.59. The van der Waals surface area contributed by atoms with E-state index in [1.54, 1.807) is 30.3 Å². The fraction of sp³-hybridized carbons (Fsp3) is 0.130. The second-order valence-corrected chi connectivity index (χ2v) is 6.86. The van der Waals surface area contributed by atoms with Gasteiger partial charge in [-0.3, -0.25) is 0 Å². The van der Waals surface area contributed by atoms with Crippen molar-refractivity contribution in [2.24, 2.45) is 0 Å². The average Bonchev–Trinajstić information content (AvgIpc) is 3.05. The number of aromatic nitrogens is 2. The fourth-order valence-electron chi connectivity index (χ4n) is 3.43. The lowest BCUT2D eigenvalue weighted by atomic mass is 9.99. The van der Waals surface area contributed by atoms with E-state index in [0.717, 1.165) is 17.2 Å². The maximum Gasteiger partial charge on any atom is 0.416 e. The van der Waals surface area contributed by atoms with Crippen molar-refractivity contribution in [1.29, 1.82) is 5.26 Å². The number of nitrogens with zero attached hydrogens (tertiary/aromatic N) is 3. The molecule has 0 unspecified atom stereocenters. The van der Waals surface area contributed by atoms with Gasteiger partial charge < -0.3 is 4.40 Å². The fourth-order valence-corrected chi connectivity index (χ4v) is 3.43. The lowest BCUT2D eigenvalue weighted by Gasteiger charge is -2.13. The summed E-state index contributed by atoms with van der Waals surface area (Å²) < 4.78 is 42.4. The third-order valence-electron chi connectivity index (χ3n) is 4.83. The molecule has 0 N–H and O–H groups in total. The molecule has 0 aliphatic heterocycles. The molecule has 0 fully saturated rings. The molecule has 0 aliphatic carbocycles. The first-order chi connectivity index (χ1) is 13.9. The van der Waals surface area contributed by atoms with Gasteiger partial charge in [0.2, 0.25) is 0 Å². The summed E-state index contributed by atoms with van der Waals surface area (Å²) in [7, 11) is 0. The lowest BCUT2D eigenvalue weighted by molar-refractivity contribution is -0.138. The maximum atomic E-state index is 13.5. The van der Waals surface area contributed by atoms with Crippen LogP contribution in [0.1, 0.15) is 27.9 Å². The number of alkyl halides is 3. The normalized spacial score (nSPS) is 11.6. The van der Waals surface area contributed by atoms with Gasteiger partial charge in [-0.05, 0) is 42.3 Å². The highest BCUT2D eigenvalue weighted by atomic mass is 19.4. The number of imidazole rings is 1. The molecular weight excluding hydrogens is 375 g/mol. The van der Waals surface area contributed by atoms with E-state index in [-0.39, 0.29) is 12.0 Å². The first kappa shape index (κ1) is 18.8. The number of hydrogen-bond acceptors (Lipinski definition) is 2. The molecule has 4 aromatic rings. The standard InChI is InChI=1S/C23H16F3N3/c1-15-6-11-21-28-22(17-9-7-16(13-27)8-10-17)20(29(21)14-15)12-18-4-2-3-5-19(18)23(24,25)26/h2-11,14H,12H2,1H3. The summed E-state index contributed by atoms with van der Waals surface area (Å²) in [5.41, 5.74) is 3.73. The molecule has 0 saturated carbocycles. The van der Waals surface area contributed by atoms with Gasteiger partial charge in [-0.1, -0.05) is 36.4 Å². The molecule has 2 aromatic heterocycles. The number of nitriles is 1. The second-order valence-electron chi connectivity index (χ2n) is 6.86. The van der Waals surface area contributed by atoms with Gasteiger partial charge in [0, 0.05) is 18.2 Å². The van der Waals surface area contributed by atoms with Gasteiger partial charge in [0.15, 0.2) is 0 Å². The third-order valence-corrected chi connectivity index (χ3v) is 4.83. The van der Waals surface area contributed by atoms with Crippen LogP contribution in [0.3, 0.4) is 0 Å². The van der Waals surface area contributed by atoms with Crippen LogP contribution in [0.4, 0.5) is 13.2 Å². The van der Waals surface area contributed by atoms with Crippen molar-refractivity contribution in [3.63, 3.8) is 0 Å². The molecule has 3 nitrogen and oxygen atoms in total. The average molecular weight is 391 g/mol. The summed E-state index contributed by atoms with van der Waals surface area (Å²) in [6.45, 7) is 1.92. The number of hydrogen-bond donors (Lipinski definition) is 0. The van der Waals surface area contributed by atoms with Gasteiger partial charge in [0.05, 0.1) is 28.6 Å². The first-order valence-corrected chi connectivity index (χ1v) is 9.00. The molecule has 0 spiro atoms. The molecule has 0 atom stereocenters. The van der Waals surface area contributed by atoms with Gasteiger partial charge in [-0.25, -0.2) is 4.98 Å². The smallest absolute Gasteiger partial charge is 0.303 e. The minimum Gasteiger partial charge on any atom is -0.303 e. The van der Waals surface area contributed by atoms with E-state index in [4.69, 9.17) is 5.26 Å². The SMILES string of the molecule is Cc1ccc2nc(-c3ccc(C#N)cc3)c(Cc3ccccc3C(F)(F)F)n2c1. The van der Waals surface area contributed by atoms with Gasteiger partial charge >= 0.3 is 6.18 Å². The molecule has 0 aliphatic rings. The van der Waals surface area contributed by atoms with E-state index in [1.165, 1.54) is 12.1 Å². The first-order valence-electron chi connectivity index (χ1n) is 9.00. The molecular formula is C23H16F3N3. The van der Waals surface area contributed by atoms with E-state index in [9.17, 15) is 13.2 Å². The Kier molecular flexibility index (Phi) is 4.59. The second kappa shape index (κ2) is 7.10. The summed E-state index contributed by atoms with van der Waals surface area (Å²) in [6.07, 6.45) is -2.47. The molecule has 6 heteroatoms. The Balaban J connectivity index is 1.91. The highest BCUT2D eigenvalue weighted by Gasteiger charge is 2.33. The number of benzene rings is 2. The number of aryl methyl sites for hydroxylation is 1. The van der Waals surface area contributed by atoms with Crippen molar-refractivity contribution in [1.82, 2.24) is 9.38 Å². The molecule has 2 heterocycles. The van der Waals surface area contributed by atoms with Crippen LogP contribution in [0.15, 0.2) is 66.9 Å². The quantitative estimate of drug-likeness (QED) is 0.443. The molecule has 4 rings (SSSR count). The Morgan fingerprint density at radius 1 is 1.00 bits per heavy atom. The largest absolute Gasteiger partial charge is 0.416 e. The Hall–Kier alpha value is -3.59. The Labute approximate surface area is 165 Å². The summed E-state index contributed by atoms with van der Waals surface area (Å²) in [5, 5.41) is 9.02. The summed E-state index contributed by atoms with van der Waals surface area (Å²) in [4.78, 5) is 4.67. The predicted molar refractivity (Wildman–Crippen MR) is 104 cm³/mol. The lowest BCUT2D eigenvalue weighted by Crippen LogP contribution is -2.10. The minimum atomic E-state index is -4.43. The van der Waals surface area contributed by atoms with Crippen molar-refractivity contribution < 1.29 is 13.2 Å². The van der Waals surface area contributed by atoms with E-state index < -0.39 is 11.7 Å². The summed E-state index contributed by atoms with van der Waals surface area (Å²) in [6, 6.07) is 18.3. The van der Waals surface area contributed by atoms with Crippen LogP contribution >= 0.6 is 0 Å². The summed E-state index contributed by atoms with van der Waals surface area (Å²) >= 11 is 0. The van der Waals surface area contributed by atoms with Gasteiger partial charge in [-0.2, -0.15) is 18.4 Å². The molecule has 0 bridgehead atoms. The van der Waals surface area contributed by atoms with E-state index in [0.29, 0.717) is 22.6 Å². The van der Waals surface area contributed by atoms with E-state index >= 15 is 0 Å². The van der Waals surface area contributed by atoms with Crippen LogP contribution in [-0.2, 0) is 12.6 Å². The van der Waals surface area contributed by atoms with Crippen molar-refractivity contribution in [3.8, 4) is 17.3 Å². The highest BCUT2D eigenvalue weighted by molar-refractivity contribution is 5.68. The van der Waals surface area contributed by atoms with E-state index in [1.807, 2.05) is 29.7 Å². The molecule has 29 heavy (non-hydrogen) atoms. The monoisotopic (exact) mass is 391 g/mol. The van der Waals surface area contributed by atoms with Gasteiger partial charge in [0.1, 0.15) is 5.65 Å². The van der Waals surface area contributed by atoms with Gasteiger partial charge in [0.25, 0.3) is 0 Å². The zero-order valence-electron chi connectivity index (χ0n) is 15.5. The number of halogens is 3. The van der Waals surface area contributed by atoms with Crippen LogP contribution in [0, 0.1) is 18.3 Å². The molecule has 0 amide bonds. The van der Waals surface area contributed by atoms with Crippen molar-refractivity contribution in [3.05, 3.63) is 94.8 Å². The summed E-state index contributed by atoms with van der Waals surface area (Å²) in [5.74, 6) is 0. The van der Waals surface area contributed by atoms with Crippen LogP contribution in [0.2, 0.25) is 0 Å². The topological polar surface area (TPSA) is 41.1 Å². The molecule has 0 saturated heterocycles. The molecule has 0 radical (unpaired) electrons. The van der Waals surface area contributed by atoms with Crippen LogP contribution < -0.4 is 0 Å². The van der Waals surface area contributed by atoms with Crippen LogP contribution in [-0.4, -0.2) is 9.38 Å². The number of rotatable bonds is 3. The number of pyridine rings is 1. The molecule has 144 valence electrons. The predicted octanol–water partition coefficient (Wildman–Crippen LogP) is 5.79. The number of fused-ring (bicyclic) bond motifs is 1. The zero-order valence-corrected chi connectivity index (χ0v) is 15.5. The Bertz CT molecular complexity index is 1230. The highest BCUT2D eigenvalue weighted by Crippen LogP contribution is 2.34. The van der Waals surface area contributed by atoms with E-state index in [2.05, 4.69) is 11.1 Å². The Morgan fingerprint density at radius 2 is 1.72 bits per heavy atom. The van der Waals surface area contributed by atoms with Crippen molar-refractivity contribution >= 4 is 5.65 Å². The Morgan fingerprint density at radius 3 is 2.41 bits per heavy atom. The van der Waals surface area contributed by atoms with Crippen LogP contribution in [0.25, 0.3) is 16.9 Å². The minimum absolute atomic E-state index is 0.0790. The van der Waals surface area contributed by atoms with Crippen molar-refractivity contribution in [2.45, 2.75) is 19.5 Å². The van der Waals surface area contributed by atoms with Crippen LogP contribution in [0.5, 0.6) is 0 Å². The van der Waals surface area contributed by atoms with Crippen molar-refractivity contribution in [2.75, 3.05) is 0 Å². The maximum absolute atomic E-state index is 13.5. The van der Waals surface area contributed by atoms with Gasteiger partial charge in [-0.15, -0.1) is 0 Å². The molecule has 2 aromatic carbocycles.